The van der Waals surface area contributed by atoms with Gasteiger partial charge in [-0.3, -0.25) is 4.98 Å². The summed E-state index contributed by atoms with van der Waals surface area (Å²) in [6, 6.07) is 3.71. The van der Waals surface area contributed by atoms with Crippen molar-refractivity contribution in [2.24, 2.45) is 0 Å². The van der Waals surface area contributed by atoms with E-state index in [1.165, 1.54) is 0 Å². The molecular weight excluding hydrogens is 244 g/mol. The molecule has 0 aliphatic carbocycles. The molecule has 0 radical (unpaired) electrons. The standard InChI is InChI=1S/C13H16N4O2/c1-14-11(9-5-4-6-15-7-9)12-13(19-3)17-10(18-2)8-16-12/h4-8,11,14H,1-3H3. The number of pyridine rings is 1. The molecule has 0 aromatic carbocycles. The van der Waals surface area contributed by atoms with E-state index in [1.54, 1.807) is 32.8 Å². The van der Waals surface area contributed by atoms with Crippen molar-refractivity contribution in [3.8, 4) is 11.8 Å². The molecule has 0 aliphatic rings. The Morgan fingerprint density at radius 2 is 2.05 bits per heavy atom. The number of hydrogen-bond donors (Lipinski definition) is 1. The molecule has 2 rings (SSSR count). The van der Waals surface area contributed by atoms with Gasteiger partial charge in [0, 0.05) is 12.4 Å². The van der Waals surface area contributed by atoms with E-state index in [0.29, 0.717) is 17.5 Å². The Balaban J connectivity index is 2.43. The number of methoxy groups -OCH3 is 2. The van der Waals surface area contributed by atoms with Crippen LogP contribution in [0.25, 0.3) is 0 Å². The predicted molar refractivity (Wildman–Crippen MR) is 70.3 cm³/mol. The zero-order chi connectivity index (χ0) is 13.7. The van der Waals surface area contributed by atoms with E-state index in [2.05, 4.69) is 20.3 Å². The third-order valence-corrected chi connectivity index (χ3v) is 2.73. The van der Waals surface area contributed by atoms with Crippen LogP contribution in [-0.2, 0) is 0 Å². The molecule has 1 unspecified atom stereocenters. The molecule has 1 N–H and O–H groups in total. The molecular formula is C13H16N4O2. The minimum Gasteiger partial charge on any atom is -0.480 e. The molecule has 0 fully saturated rings. The number of rotatable bonds is 5. The zero-order valence-electron chi connectivity index (χ0n) is 11.1. The van der Waals surface area contributed by atoms with Gasteiger partial charge in [0.2, 0.25) is 11.8 Å². The summed E-state index contributed by atoms with van der Waals surface area (Å²) in [4.78, 5) is 12.7. The number of aromatic nitrogens is 3. The molecule has 1 atom stereocenters. The fourth-order valence-electron chi connectivity index (χ4n) is 1.82. The molecule has 6 nitrogen and oxygen atoms in total. The van der Waals surface area contributed by atoms with Gasteiger partial charge in [-0.1, -0.05) is 6.07 Å². The van der Waals surface area contributed by atoms with Gasteiger partial charge < -0.3 is 14.8 Å². The van der Waals surface area contributed by atoms with Crippen LogP contribution < -0.4 is 14.8 Å². The third-order valence-electron chi connectivity index (χ3n) is 2.73. The molecule has 0 bridgehead atoms. The number of nitrogens with one attached hydrogen (secondary N) is 1. The number of ether oxygens (including phenoxy) is 2. The first-order chi connectivity index (χ1) is 9.30. The third kappa shape index (κ3) is 2.79. The Labute approximate surface area is 111 Å². The van der Waals surface area contributed by atoms with Gasteiger partial charge in [-0.25, -0.2) is 4.98 Å². The summed E-state index contributed by atoms with van der Waals surface area (Å²) in [6.45, 7) is 0. The van der Waals surface area contributed by atoms with Gasteiger partial charge in [-0.2, -0.15) is 4.98 Å². The van der Waals surface area contributed by atoms with Crippen molar-refractivity contribution >= 4 is 0 Å². The van der Waals surface area contributed by atoms with Gasteiger partial charge >= 0.3 is 0 Å². The van der Waals surface area contributed by atoms with E-state index in [1.807, 2.05) is 19.2 Å². The summed E-state index contributed by atoms with van der Waals surface area (Å²) in [5, 5.41) is 3.18. The predicted octanol–water partition coefficient (Wildman–Crippen LogP) is 1.20. The van der Waals surface area contributed by atoms with Crippen LogP contribution in [0, 0.1) is 0 Å². The lowest BCUT2D eigenvalue weighted by Gasteiger charge is -2.17. The highest BCUT2D eigenvalue weighted by Gasteiger charge is 2.20. The van der Waals surface area contributed by atoms with E-state index >= 15 is 0 Å². The van der Waals surface area contributed by atoms with Gasteiger partial charge in [0.25, 0.3) is 0 Å². The fraction of sp³-hybridized carbons (Fsp3) is 0.308. The lowest BCUT2D eigenvalue weighted by atomic mass is 10.1. The van der Waals surface area contributed by atoms with Crippen molar-refractivity contribution in [3.63, 3.8) is 0 Å². The Morgan fingerprint density at radius 1 is 1.21 bits per heavy atom. The molecule has 0 saturated heterocycles. The first-order valence-electron chi connectivity index (χ1n) is 5.82. The summed E-state index contributed by atoms with van der Waals surface area (Å²) in [7, 11) is 4.95. The quantitative estimate of drug-likeness (QED) is 0.871. The highest BCUT2D eigenvalue weighted by molar-refractivity contribution is 5.33. The van der Waals surface area contributed by atoms with Crippen LogP contribution in [0.4, 0.5) is 0 Å². The number of nitrogens with zero attached hydrogens (tertiary/aromatic N) is 3. The minimum atomic E-state index is -0.137. The second-order valence-corrected chi connectivity index (χ2v) is 3.81. The van der Waals surface area contributed by atoms with Crippen LogP contribution in [0.2, 0.25) is 0 Å². The van der Waals surface area contributed by atoms with Crippen molar-refractivity contribution in [2.45, 2.75) is 6.04 Å². The summed E-state index contributed by atoms with van der Waals surface area (Å²) in [6.07, 6.45) is 5.08. The summed E-state index contributed by atoms with van der Waals surface area (Å²) in [5.74, 6) is 0.851. The van der Waals surface area contributed by atoms with Crippen LogP contribution in [0.1, 0.15) is 17.3 Å². The maximum absolute atomic E-state index is 5.28. The maximum atomic E-state index is 5.28. The lowest BCUT2D eigenvalue weighted by Crippen LogP contribution is -2.20. The first kappa shape index (κ1) is 13.2. The van der Waals surface area contributed by atoms with Gasteiger partial charge in [0.1, 0.15) is 5.69 Å². The van der Waals surface area contributed by atoms with Crippen LogP contribution in [0.3, 0.4) is 0 Å². The van der Waals surface area contributed by atoms with Crippen LogP contribution in [0.5, 0.6) is 11.8 Å². The van der Waals surface area contributed by atoms with Crippen molar-refractivity contribution in [1.29, 1.82) is 0 Å². The summed E-state index contributed by atoms with van der Waals surface area (Å²) >= 11 is 0. The van der Waals surface area contributed by atoms with Gasteiger partial charge in [0.15, 0.2) is 0 Å². The van der Waals surface area contributed by atoms with E-state index in [0.717, 1.165) is 5.56 Å². The van der Waals surface area contributed by atoms with Gasteiger partial charge in [-0.05, 0) is 18.7 Å². The molecule has 0 spiro atoms. The SMILES string of the molecule is CNC(c1cccnc1)c1ncc(OC)nc1OC. The highest BCUT2D eigenvalue weighted by Crippen LogP contribution is 2.27. The molecule has 0 amide bonds. The van der Waals surface area contributed by atoms with Crippen LogP contribution in [0.15, 0.2) is 30.7 Å². The first-order valence-corrected chi connectivity index (χ1v) is 5.82. The van der Waals surface area contributed by atoms with Gasteiger partial charge in [-0.15, -0.1) is 0 Å². The largest absolute Gasteiger partial charge is 0.480 e. The van der Waals surface area contributed by atoms with Crippen molar-refractivity contribution in [3.05, 3.63) is 42.0 Å². The number of hydrogen-bond acceptors (Lipinski definition) is 6. The maximum Gasteiger partial charge on any atom is 0.240 e. The van der Waals surface area contributed by atoms with Crippen LogP contribution >= 0.6 is 0 Å². The fourth-order valence-corrected chi connectivity index (χ4v) is 1.82. The Bertz CT molecular complexity index is 533. The smallest absolute Gasteiger partial charge is 0.240 e. The Morgan fingerprint density at radius 3 is 2.63 bits per heavy atom. The van der Waals surface area contributed by atoms with E-state index in [9.17, 15) is 0 Å². The Kier molecular flexibility index (Phi) is 4.25. The minimum absolute atomic E-state index is 0.137. The molecule has 19 heavy (non-hydrogen) atoms. The van der Waals surface area contributed by atoms with E-state index < -0.39 is 0 Å². The van der Waals surface area contributed by atoms with Crippen molar-refractivity contribution in [2.75, 3.05) is 21.3 Å². The molecule has 6 heteroatoms. The Hall–Kier alpha value is -2.21. The summed E-state index contributed by atoms with van der Waals surface area (Å²) in [5.41, 5.74) is 1.68. The molecule has 2 heterocycles. The highest BCUT2D eigenvalue weighted by atomic mass is 16.5. The molecule has 2 aromatic rings. The van der Waals surface area contributed by atoms with Crippen molar-refractivity contribution < 1.29 is 9.47 Å². The molecule has 0 saturated carbocycles. The molecule has 100 valence electrons. The monoisotopic (exact) mass is 260 g/mol. The van der Waals surface area contributed by atoms with E-state index in [-0.39, 0.29) is 6.04 Å². The van der Waals surface area contributed by atoms with Gasteiger partial charge in [0.05, 0.1) is 26.5 Å². The summed E-state index contributed by atoms with van der Waals surface area (Å²) < 4.78 is 10.3. The second-order valence-electron chi connectivity index (χ2n) is 3.81. The zero-order valence-corrected chi connectivity index (χ0v) is 11.1. The lowest BCUT2D eigenvalue weighted by molar-refractivity contribution is 0.353. The molecule has 2 aromatic heterocycles. The van der Waals surface area contributed by atoms with E-state index in [4.69, 9.17) is 9.47 Å². The topological polar surface area (TPSA) is 69.2 Å². The average Bonchev–Trinajstić information content (AvgIpc) is 2.49. The molecule has 0 aliphatic heterocycles. The second kappa shape index (κ2) is 6.10. The average molecular weight is 260 g/mol. The van der Waals surface area contributed by atoms with Crippen molar-refractivity contribution in [1.82, 2.24) is 20.3 Å². The van der Waals surface area contributed by atoms with Crippen LogP contribution in [-0.4, -0.2) is 36.2 Å². The normalized spacial score (nSPS) is 11.9.